The van der Waals surface area contributed by atoms with Crippen LogP contribution in [0.2, 0.25) is 6.55 Å². The second-order valence-corrected chi connectivity index (χ2v) is 21.7. The van der Waals surface area contributed by atoms with Crippen LogP contribution >= 0.6 is 0 Å². The standard InChI is InChI=1S/C13H18Si3/c1-16(15-14,12-8-4-2-5-9-12)13-10-6-3-7-11-13/h2-11H,15H2,1,14H3. The second kappa shape index (κ2) is 4.95. The van der Waals surface area contributed by atoms with Crippen molar-refractivity contribution >= 4 is 36.3 Å². The predicted octanol–water partition coefficient (Wildman–Crippen LogP) is -0.175. The first-order chi connectivity index (χ1) is 7.77. The predicted molar refractivity (Wildman–Crippen MR) is 82.3 cm³/mol. The fraction of sp³-hybridized carbons (Fsp3) is 0.0769. The molecule has 0 aliphatic carbocycles. The van der Waals surface area contributed by atoms with Crippen molar-refractivity contribution in [1.82, 2.24) is 0 Å². The molecule has 0 aromatic heterocycles. The van der Waals surface area contributed by atoms with Gasteiger partial charge in [0.1, 0.15) is 0 Å². The van der Waals surface area contributed by atoms with Gasteiger partial charge >= 0.3 is 0 Å². The van der Waals surface area contributed by atoms with Crippen LogP contribution in [-0.2, 0) is 0 Å². The lowest BCUT2D eigenvalue weighted by molar-refractivity contribution is 1.71. The van der Waals surface area contributed by atoms with E-state index in [1.54, 1.807) is 10.4 Å². The van der Waals surface area contributed by atoms with Crippen LogP contribution in [0, 0.1) is 0 Å². The highest BCUT2D eigenvalue weighted by atomic mass is 29.5. The summed E-state index contributed by atoms with van der Waals surface area (Å²) in [6.45, 7) is 2.55. The molecule has 0 atom stereocenters. The molecule has 0 amide bonds. The van der Waals surface area contributed by atoms with Gasteiger partial charge in [0.2, 0.25) is 0 Å². The van der Waals surface area contributed by atoms with Crippen LogP contribution < -0.4 is 10.4 Å². The van der Waals surface area contributed by atoms with Gasteiger partial charge < -0.3 is 0 Å². The molecule has 0 unspecified atom stereocenters. The van der Waals surface area contributed by atoms with E-state index in [1.165, 1.54) is 9.76 Å². The number of hydrogen-bond acceptors (Lipinski definition) is 0. The van der Waals surface area contributed by atoms with Crippen LogP contribution in [0.4, 0.5) is 0 Å². The maximum Gasteiger partial charge on any atom is 0.0971 e. The van der Waals surface area contributed by atoms with Crippen molar-refractivity contribution < 1.29 is 0 Å². The third-order valence-corrected chi connectivity index (χ3v) is 27.6. The van der Waals surface area contributed by atoms with E-state index in [0.29, 0.717) is 0 Å². The zero-order valence-corrected chi connectivity index (χ0v) is 14.4. The van der Waals surface area contributed by atoms with Crippen molar-refractivity contribution in [2.24, 2.45) is 0 Å². The number of benzene rings is 2. The lowest BCUT2D eigenvalue weighted by Gasteiger charge is -2.27. The van der Waals surface area contributed by atoms with Crippen molar-refractivity contribution in [3.63, 3.8) is 0 Å². The average molecular weight is 259 g/mol. The summed E-state index contributed by atoms with van der Waals surface area (Å²) in [7, 11) is 0.255. The van der Waals surface area contributed by atoms with Crippen molar-refractivity contribution in [2.45, 2.75) is 6.55 Å². The van der Waals surface area contributed by atoms with E-state index >= 15 is 0 Å². The van der Waals surface area contributed by atoms with E-state index in [2.05, 4.69) is 67.2 Å². The molecule has 0 spiro atoms. The normalized spacial score (nSPS) is 12.3. The monoisotopic (exact) mass is 258 g/mol. The van der Waals surface area contributed by atoms with E-state index < -0.39 is 7.59 Å². The molecule has 82 valence electrons. The highest BCUT2D eigenvalue weighted by Crippen LogP contribution is 2.02. The second-order valence-electron chi connectivity index (χ2n) is 4.42. The third-order valence-electron chi connectivity index (χ3n) is 3.53. The minimum Gasteiger partial charge on any atom is -0.0641 e. The first kappa shape index (κ1) is 11.6. The highest BCUT2D eigenvalue weighted by Gasteiger charge is 2.28. The maximum atomic E-state index is 2.55. The summed E-state index contributed by atoms with van der Waals surface area (Å²) in [5.41, 5.74) is 0. The topological polar surface area (TPSA) is 0 Å². The van der Waals surface area contributed by atoms with Crippen LogP contribution in [0.15, 0.2) is 60.7 Å². The first-order valence-electron chi connectivity index (χ1n) is 5.88. The van der Waals surface area contributed by atoms with Gasteiger partial charge in [-0.05, 0) is 9.76 Å². The summed E-state index contributed by atoms with van der Waals surface area (Å²) < 4.78 is 0. The molecule has 0 bridgehead atoms. The van der Waals surface area contributed by atoms with E-state index in [0.717, 1.165) is 0 Å². The Labute approximate surface area is 104 Å². The van der Waals surface area contributed by atoms with Crippen molar-refractivity contribution in [1.29, 1.82) is 0 Å². The molecular weight excluding hydrogens is 240 g/mol. The summed E-state index contributed by atoms with van der Waals surface area (Å²) >= 11 is 0. The molecule has 2 aromatic carbocycles. The molecule has 0 radical (unpaired) electrons. The lowest BCUT2D eigenvalue weighted by Crippen LogP contribution is -2.61. The fourth-order valence-corrected chi connectivity index (χ4v) is 16.4. The van der Waals surface area contributed by atoms with Gasteiger partial charge in [-0.15, -0.1) is 0 Å². The highest BCUT2D eigenvalue weighted by molar-refractivity contribution is 7.48. The molecule has 16 heavy (non-hydrogen) atoms. The van der Waals surface area contributed by atoms with E-state index in [-0.39, 0.29) is 8.55 Å². The molecule has 0 aliphatic heterocycles. The summed E-state index contributed by atoms with van der Waals surface area (Å²) in [5, 5.41) is 3.26. The van der Waals surface area contributed by atoms with Crippen molar-refractivity contribution in [3.8, 4) is 0 Å². The Morgan fingerprint density at radius 1 is 0.812 bits per heavy atom. The number of hydrogen-bond donors (Lipinski definition) is 0. The molecule has 2 rings (SSSR count). The first-order valence-corrected chi connectivity index (χ1v) is 16.4. The third kappa shape index (κ3) is 2.11. The lowest BCUT2D eigenvalue weighted by atomic mass is 10.4. The van der Waals surface area contributed by atoms with Crippen molar-refractivity contribution in [2.75, 3.05) is 0 Å². The average Bonchev–Trinajstić information content (AvgIpc) is 2.40. The molecule has 3 heteroatoms. The SMILES string of the molecule is C[Si]([SiH2][SiH3])(c1ccccc1)c1ccccc1. The quantitative estimate of drug-likeness (QED) is 0.671. The molecule has 0 nitrogen and oxygen atoms in total. The van der Waals surface area contributed by atoms with Gasteiger partial charge in [-0.1, -0.05) is 77.6 Å². The van der Waals surface area contributed by atoms with Gasteiger partial charge in [-0.3, -0.25) is 0 Å². The molecule has 0 N–H and O–H groups in total. The van der Waals surface area contributed by atoms with Crippen molar-refractivity contribution in [3.05, 3.63) is 60.7 Å². The van der Waals surface area contributed by atoms with Crippen LogP contribution in [0.5, 0.6) is 0 Å². The van der Waals surface area contributed by atoms with Crippen LogP contribution in [0.25, 0.3) is 0 Å². The van der Waals surface area contributed by atoms with Crippen LogP contribution in [0.3, 0.4) is 0 Å². The maximum absolute atomic E-state index is 2.55. The van der Waals surface area contributed by atoms with Gasteiger partial charge in [0.25, 0.3) is 0 Å². The number of rotatable bonds is 3. The summed E-state index contributed by atoms with van der Waals surface area (Å²) in [6, 6.07) is 22.4. The Hall–Kier alpha value is -0.909. The molecule has 0 aliphatic rings. The van der Waals surface area contributed by atoms with Gasteiger partial charge in [0.05, 0.1) is 7.59 Å². The van der Waals surface area contributed by atoms with Gasteiger partial charge in [0, 0.05) is 8.55 Å². The molecule has 0 saturated carbocycles. The zero-order chi connectivity index (χ0) is 11.4. The van der Waals surface area contributed by atoms with Gasteiger partial charge in [0.15, 0.2) is 0 Å². The Morgan fingerprint density at radius 2 is 1.19 bits per heavy atom. The summed E-state index contributed by atoms with van der Waals surface area (Å²) in [6.07, 6.45) is 0. The van der Waals surface area contributed by atoms with Crippen LogP contribution in [-0.4, -0.2) is 25.9 Å². The summed E-state index contributed by atoms with van der Waals surface area (Å²) in [4.78, 5) is 0. The van der Waals surface area contributed by atoms with Gasteiger partial charge in [-0.25, -0.2) is 0 Å². The molecule has 0 saturated heterocycles. The van der Waals surface area contributed by atoms with E-state index in [9.17, 15) is 0 Å². The summed E-state index contributed by atoms with van der Waals surface area (Å²) in [5.74, 6) is 0. The minimum absolute atomic E-state index is 0.113. The molecule has 2 aromatic rings. The molecule has 0 fully saturated rings. The van der Waals surface area contributed by atoms with Crippen LogP contribution in [0.1, 0.15) is 0 Å². The fourth-order valence-electron chi connectivity index (χ4n) is 2.19. The Kier molecular flexibility index (Phi) is 3.58. The minimum atomic E-state index is -1.27. The molecular formula is C13H18Si3. The zero-order valence-electron chi connectivity index (χ0n) is 9.98. The molecule has 0 heterocycles. The smallest absolute Gasteiger partial charge is 0.0641 e. The Bertz CT molecular complexity index is 400. The Morgan fingerprint density at radius 3 is 1.50 bits per heavy atom. The van der Waals surface area contributed by atoms with E-state index in [4.69, 9.17) is 0 Å². The van der Waals surface area contributed by atoms with Gasteiger partial charge in [-0.2, -0.15) is 0 Å². The van der Waals surface area contributed by atoms with E-state index in [1.807, 2.05) is 0 Å². The largest absolute Gasteiger partial charge is 0.0971 e. The Balaban J connectivity index is 2.49.